The van der Waals surface area contributed by atoms with Crippen molar-refractivity contribution in [3.63, 3.8) is 0 Å². The molecule has 0 fully saturated rings. The quantitative estimate of drug-likeness (QED) is 0.0434. The Bertz CT molecular complexity index is 1450. The molecule has 14 N–H and O–H groups in total. The van der Waals surface area contributed by atoms with Crippen LogP contribution >= 0.6 is 11.8 Å². The average molecular weight is 813 g/mol. The summed E-state index contributed by atoms with van der Waals surface area (Å²) in [5.74, 6) is -6.10. The van der Waals surface area contributed by atoms with Gasteiger partial charge in [0.15, 0.2) is 6.04 Å². The van der Waals surface area contributed by atoms with E-state index in [1.165, 1.54) is 37.7 Å². The Labute approximate surface area is 331 Å². The van der Waals surface area contributed by atoms with Crippen molar-refractivity contribution in [1.82, 2.24) is 31.9 Å². The van der Waals surface area contributed by atoms with Gasteiger partial charge in [-0.3, -0.25) is 28.8 Å². The number of amides is 6. The average Bonchev–Trinajstić information content (AvgIpc) is 3.13. The Balaban J connectivity index is 3.25. The van der Waals surface area contributed by atoms with Crippen molar-refractivity contribution in [3.8, 4) is 5.75 Å². The van der Waals surface area contributed by atoms with Crippen molar-refractivity contribution >= 4 is 53.2 Å². The standard InChI is InChI=1S/C36H60N8O11S/c1-19(2)16-26(33(51)40-25(13-15-56-5)32(50)44-29(21(4)46)36(54)55)42-35(53)28(18-45)43-31(49)24(8-6-7-14-37)39-34(52)27(41-30(48)20(3)38)17-22-9-11-23(47)12-10-22/h9-12,19-21,24-29,45-47H,6-8,13-18,37-38H2,1-5H3,(H,39,52)(H,40,51)(H,41,48)(H,42,53)(H,43,49)(H,44,50)(H,54,55)/t20-,21+,24-,25-,26-,27-,28-,29-/m0/s1. The minimum atomic E-state index is -1.64. The summed E-state index contributed by atoms with van der Waals surface area (Å²) in [4.78, 5) is 91.4. The third-order valence-electron chi connectivity index (χ3n) is 8.45. The van der Waals surface area contributed by atoms with Gasteiger partial charge in [-0.05, 0) is 88.1 Å². The van der Waals surface area contributed by atoms with Gasteiger partial charge in [0.05, 0.1) is 18.8 Å². The number of phenolic OH excluding ortho intramolecular Hbond substituents is 1. The minimum Gasteiger partial charge on any atom is -0.508 e. The molecule has 1 rings (SSSR count). The highest BCUT2D eigenvalue weighted by molar-refractivity contribution is 7.98. The van der Waals surface area contributed by atoms with E-state index in [0.717, 1.165) is 0 Å². The van der Waals surface area contributed by atoms with Crippen LogP contribution in [-0.2, 0) is 40.0 Å². The molecule has 0 spiro atoms. The van der Waals surface area contributed by atoms with Gasteiger partial charge in [-0.2, -0.15) is 11.8 Å². The number of aliphatic carboxylic acids is 1. The van der Waals surface area contributed by atoms with E-state index < -0.39 is 96.4 Å². The molecule has 0 heterocycles. The smallest absolute Gasteiger partial charge is 0.328 e. The van der Waals surface area contributed by atoms with E-state index in [9.17, 15) is 54.0 Å². The van der Waals surface area contributed by atoms with Gasteiger partial charge >= 0.3 is 5.97 Å². The van der Waals surface area contributed by atoms with Gasteiger partial charge in [0, 0.05) is 6.42 Å². The number of unbranched alkanes of at least 4 members (excludes halogenated alkanes) is 1. The first-order chi connectivity index (χ1) is 26.3. The van der Waals surface area contributed by atoms with E-state index >= 15 is 0 Å². The zero-order valence-electron chi connectivity index (χ0n) is 32.6. The number of hydrogen-bond acceptors (Lipinski definition) is 13. The van der Waals surface area contributed by atoms with Crippen LogP contribution < -0.4 is 43.4 Å². The molecule has 8 atom stereocenters. The molecule has 0 radical (unpaired) electrons. The maximum absolute atomic E-state index is 13.6. The van der Waals surface area contributed by atoms with E-state index in [4.69, 9.17) is 11.5 Å². The molecule has 316 valence electrons. The largest absolute Gasteiger partial charge is 0.508 e. The normalized spacial score (nSPS) is 15.5. The summed E-state index contributed by atoms with van der Waals surface area (Å²) >= 11 is 1.37. The topological polar surface area (TPSA) is 325 Å². The minimum absolute atomic E-state index is 0.00741. The fraction of sp³-hybridized carbons (Fsp3) is 0.639. The Morgan fingerprint density at radius 2 is 1.18 bits per heavy atom. The molecule has 1 aromatic carbocycles. The van der Waals surface area contributed by atoms with Crippen LogP contribution in [0.5, 0.6) is 5.75 Å². The predicted octanol–water partition coefficient (Wildman–Crippen LogP) is -2.42. The van der Waals surface area contributed by atoms with Gasteiger partial charge in [0.1, 0.15) is 36.0 Å². The SMILES string of the molecule is CSCC[C@H](NC(=O)[C@H](CC(C)C)NC(=O)[C@H](CO)NC(=O)[C@H](CCCCN)NC(=O)[C@H](Cc1ccc(O)cc1)NC(=O)[C@H](C)N)C(=O)N[C@H](C(=O)O)[C@@H](C)O. The fourth-order valence-electron chi connectivity index (χ4n) is 5.28. The van der Waals surface area contributed by atoms with Crippen LogP contribution in [0.1, 0.15) is 65.4 Å². The Morgan fingerprint density at radius 3 is 1.68 bits per heavy atom. The number of aromatic hydroxyl groups is 1. The number of thioether (sulfide) groups is 1. The van der Waals surface area contributed by atoms with Gasteiger partial charge < -0.3 is 63.8 Å². The summed E-state index contributed by atoms with van der Waals surface area (Å²) in [5.41, 5.74) is 11.9. The summed E-state index contributed by atoms with van der Waals surface area (Å²) in [6, 6.07) is -3.21. The van der Waals surface area contributed by atoms with Gasteiger partial charge in [0.25, 0.3) is 0 Å². The van der Waals surface area contributed by atoms with Crippen LogP contribution in [-0.4, -0.2) is 135 Å². The summed E-state index contributed by atoms with van der Waals surface area (Å²) < 4.78 is 0. The first-order valence-electron chi connectivity index (χ1n) is 18.4. The second kappa shape index (κ2) is 25.6. The number of carboxylic acid groups (broad SMARTS) is 1. The number of nitrogens with one attached hydrogen (secondary N) is 6. The molecule has 20 heteroatoms. The lowest BCUT2D eigenvalue weighted by Crippen LogP contribution is -2.61. The zero-order valence-corrected chi connectivity index (χ0v) is 33.4. The maximum Gasteiger partial charge on any atom is 0.328 e. The molecule has 0 unspecified atom stereocenters. The lowest BCUT2D eigenvalue weighted by atomic mass is 10.0. The number of hydrogen-bond donors (Lipinski definition) is 12. The van der Waals surface area contributed by atoms with Crippen LogP contribution in [0.15, 0.2) is 24.3 Å². The van der Waals surface area contributed by atoms with Crippen molar-refractivity contribution < 1.29 is 54.0 Å². The monoisotopic (exact) mass is 812 g/mol. The maximum atomic E-state index is 13.6. The molecule has 1 aromatic rings. The molecule has 0 saturated carbocycles. The highest BCUT2D eigenvalue weighted by Gasteiger charge is 2.34. The second-order valence-corrected chi connectivity index (χ2v) is 14.9. The molecule has 0 aliphatic rings. The van der Waals surface area contributed by atoms with Gasteiger partial charge in [-0.1, -0.05) is 26.0 Å². The highest BCUT2D eigenvalue weighted by Crippen LogP contribution is 2.13. The number of nitrogens with two attached hydrogens (primary N) is 2. The van der Waals surface area contributed by atoms with Crippen LogP contribution in [0.3, 0.4) is 0 Å². The number of aliphatic hydroxyl groups excluding tert-OH is 2. The predicted molar refractivity (Wildman–Crippen MR) is 209 cm³/mol. The molecular formula is C36H60N8O11S. The van der Waals surface area contributed by atoms with Crippen molar-refractivity contribution in [2.45, 2.75) is 115 Å². The molecular weight excluding hydrogens is 753 g/mol. The number of benzene rings is 1. The third kappa shape index (κ3) is 18.0. The summed E-state index contributed by atoms with van der Waals surface area (Å²) in [6.45, 7) is 5.55. The molecule has 0 aromatic heterocycles. The van der Waals surface area contributed by atoms with Crippen LogP contribution in [0.25, 0.3) is 0 Å². The Kier molecular flexibility index (Phi) is 22.7. The molecule has 0 aliphatic heterocycles. The summed E-state index contributed by atoms with van der Waals surface area (Å²) in [6.07, 6.45) is 1.40. The van der Waals surface area contributed by atoms with Crippen LogP contribution in [0.4, 0.5) is 0 Å². The second-order valence-electron chi connectivity index (χ2n) is 13.9. The van der Waals surface area contributed by atoms with E-state index in [-0.39, 0.29) is 43.9 Å². The van der Waals surface area contributed by atoms with E-state index in [2.05, 4.69) is 31.9 Å². The molecule has 19 nitrogen and oxygen atoms in total. The number of rotatable bonds is 26. The van der Waals surface area contributed by atoms with E-state index in [1.807, 2.05) is 0 Å². The number of phenols is 1. The van der Waals surface area contributed by atoms with Gasteiger partial charge in [-0.25, -0.2) is 4.79 Å². The molecule has 0 bridgehead atoms. The van der Waals surface area contributed by atoms with E-state index in [0.29, 0.717) is 24.2 Å². The molecule has 0 aliphatic carbocycles. The lowest BCUT2D eigenvalue weighted by molar-refractivity contribution is -0.145. The Hall–Kier alpha value is -4.50. The zero-order chi connectivity index (χ0) is 42.5. The molecule has 0 saturated heterocycles. The first-order valence-corrected chi connectivity index (χ1v) is 19.8. The van der Waals surface area contributed by atoms with Crippen LogP contribution in [0.2, 0.25) is 0 Å². The lowest BCUT2D eigenvalue weighted by Gasteiger charge is -2.28. The van der Waals surface area contributed by atoms with Crippen molar-refractivity contribution in [2.75, 3.05) is 25.2 Å². The Morgan fingerprint density at radius 1 is 0.696 bits per heavy atom. The van der Waals surface area contributed by atoms with Gasteiger partial charge in [0.2, 0.25) is 35.4 Å². The summed E-state index contributed by atoms with van der Waals surface area (Å²) in [7, 11) is 0. The number of carboxylic acids is 1. The molecule has 56 heavy (non-hydrogen) atoms. The van der Waals surface area contributed by atoms with Crippen molar-refractivity contribution in [2.24, 2.45) is 17.4 Å². The number of carbonyl (C=O) groups is 7. The van der Waals surface area contributed by atoms with Crippen LogP contribution in [0, 0.1) is 5.92 Å². The van der Waals surface area contributed by atoms with Crippen molar-refractivity contribution in [1.29, 1.82) is 0 Å². The molecule has 6 amide bonds. The fourth-order valence-corrected chi connectivity index (χ4v) is 5.75. The van der Waals surface area contributed by atoms with Crippen molar-refractivity contribution in [3.05, 3.63) is 29.8 Å². The first kappa shape index (κ1) is 49.5. The van der Waals surface area contributed by atoms with Gasteiger partial charge in [-0.15, -0.1) is 0 Å². The van der Waals surface area contributed by atoms with E-state index in [1.54, 1.807) is 32.2 Å². The third-order valence-corrected chi connectivity index (χ3v) is 9.09. The summed E-state index contributed by atoms with van der Waals surface area (Å²) in [5, 5.41) is 54.0. The number of carbonyl (C=O) groups excluding carboxylic acids is 6. The number of aliphatic hydroxyl groups is 2. The highest BCUT2D eigenvalue weighted by atomic mass is 32.2.